The minimum absolute atomic E-state index is 0.0162. The highest BCUT2D eigenvalue weighted by Gasteiger charge is 2.14. The minimum atomic E-state index is -1.01. The molecule has 0 saturated carbocycles. The average Bonchev–Trinajstić information content (AvgIpc) is 2.56. The highest BCUT2D eigenvalue weighted by molar-refractivity contribution is 7.98. The number of aromatic carboxylic acids is 1. The Labute approximate surface area is 81.1 Å². The molecule has 0 spiro atoms. The normalized spacial score (nSPS) is 12.8. The second kappa shape index (κ2) is 4.37. The molecule has 4 heteroatoms. The van der Waals surface area contributed by atoms with Crippen LogP contribution in [0.5, 0.6) is 0 Å². The van der Waals surface area contributed by atoms with Gasteiger partial charge in [-0.3, -0.25) is 0 Å². The summed E-state index contributed by atoms with van der Waals surface area (Å²) in [4.78, 5) is 10.5. The number of carbonyl (C=O) groups is 1. The lowest BCUT2D eigenvalue weighted by Crippen LogP contribution is -1.93. The molecule has 0 aliphatic heterocycles. The molecule has 0 fully saturated rings. The third-order valence-electron chi connectivity index (χ3n) is 1.81. The van der Waals surface area contributed by atoms with Crippen molar-refractivity contribution < 1.29 is 14.3 Å². The summed E-state index contributed by atoms with van der Waals surface area (Å²) in [5.41, 5.74) is 0. The number of hydrogen-bond donors (Lipinski definition) is 1. The van der Waals surface area contributed by atoms with Gasteiger partial charge in [0.2, 0.25) is 5.76 Å². The van der Waals surface area contributed by atoms with E-state index in [1.54, 1.807) is 17.8 Å². The molecule has 13 heavy (non-hydrogen) atoms. The summed E-state index contributed by atoms with van der Waals surface area (Å²) in [6.07, 6.45) is 2.92. The molecule has 1 heterocycles. The number of hydrogen-bond acceptors (Lipinski definition) is 3. The number of rotatable bonds is 4. The first-order valence-corrected chi connectivity index (χ1v) is 5.33. The van der Waals surface area contributed by atoms with Crippen molar-refractivity contribution in [2.24, 2.45) is 0 Å². The highest BCUT2D eigenvalue weighted by atomic mass is 32.2. The number of carboxylic acid groups (broad SMARTS) is 1. The standard InChI is InChI=1S/C9H12O3S/c1-3-8(13-2)6-4-5-7(12-6)9(10)11/h4-5,8H,3H2,1-2H3,(H,10,11)/t8-/m0/s1. The third kappa shape index (κ3) is 2.28. The average molecular weight is 200 g/mol. The van der Waals surface area contributed by atoms with Crippen LogP contribution in [-0.4, -0.2) is 17.3 Å². The van der Waals surface area contributed by atoms with Gasteiger partial charge in [-0.05, 0) is 24.8 Å². The van der Waals surface area contributed by atoms with E-state index in [9.17, 15) is 4.79 Å². The van der Waals surface area contributed by atoms with Gasteiger partial charge in [-0.1, -0.05) is 6.92 Å². The molecule has 0 amide bonds. The Morgan fingerprint density at radius 1 is 1.69 bits per heavy atom. The van der Waals surface area contributed by atoms with Crippen molar-refractivity contribution in [2.45, 2.75) is 18.6 Å². The summed E-state index contributed by atoms with van der Waals surface area (Å²) < 4.78 is 5.17. The Morgan fingerprint density at radius 3 is 2.77 bits per heavy atom. The molecule has 0 saturated heterocycles. The van der Waals surface area contributed by atoms with Crippen LogP contribution in [0.4, 0.5) is 0 Å². The monoisotopic (exact) mass is 200 g/mol. The van der Waals surface area contributed by atoms with Crippen LogP contribution < -0.4 is 0 Å². The molecule has 72 valence electrons. The van der Waals surface area contributed by atoms with Gasteiger partial charge >= 0.3 is 5.97 Å². The third-order valence-corrected chi connectivity index (χ3v) is 2.94. The molecule has 1 rings (SSSR count). The van der Waals surface area contributed by atoms with E-state index in [4.69, 9.17) is 9.52 Å². The molecule has 0 aromatic carbocycles. The summed E-state index contributed by atoms with van der Waals surface area (Å²) in [6, 6.07) is 3.23. The van der Waals surface area contributed by atoms with Gasteiger partial charge in [-0.2, -0.15) is 11.8 Å². The van der Waals surface area contributed by atoms with Crippen LogP contribution >= 0.6 is 11.8 Å². The number of thioether (sulfide) groups is 1. The molecule has 3 nitrogen and oxygen atoms in total. The molecule has 1 aromatic rings. The van der Waals surface area contributed by atoms with Gasteiger partial charge in [-0.15, -0.1) is 0 Å². The van der Waals surface area contributed by atoms with Crippen molar-refractivity contribution >= 4 is 17.7 Å². The summed E-state index contributed by atoms with van der Waals surface area (Å²) in [6.45, 7) is 2.05. The SMILES string of the molecule is CC[C@H](SC)c1ccc(C(=O)O)o1. The zero-order valence-electron chi connectivity index (χ0n) is 7.61. The molecule has 1 N–H and O–H groups in total. The van der Waals surface area contributed by atoms with Gasteiger partial charge in [0.25, 0.3) is 0 Å². The van der Waals surface area contributed by atoms with Crippen molar-refractivity contribution in [3.05, 3.63) is 23.7 Å². The quantitative estimate of drug-likeness (QED) is 0.811. The first-order valence-electron chi connectivity index (χ1n) is 4.04. The van der Waals surface area contributed by atoms with Gasteiger partial charge in [0.1, 0.15) is 5.76 Å². The Bertz CT molecular complexity index is 289. The van der Waals surface area contributed by atoms with Crippen LogP contribution in [-0.2, 0) is 0 Å². The molecule has 1 aromatic heterocycles. The molecule has 0 unspecified atom stereocenters. The van der Waals surface area contributed by atoms with Crippen LogP contribution in [0.15, 0.2) is 16.5 Å². The van der Waals surface area contributed by atoms with E-state index in [0.717, 1.165) is 12.2 Å². The van der Waals surface area contributed by atoms with Crippen molar-refractivity contribution in [1.82, 2.24) is 0 Å². The summed E-state index contributed by atoms with van der Waals surface area (Å²) in [5.74, 6) is -0.253. The van der Waals surface area contributed by atoms with E-state index in [0.29, 0.717) is 0 Å². The lowest BCUT2D eigenvalue weighted by Gasteiger charge is -2.06. The Balaban J connectivity index is 2.84. The predicted octanol–water partition coefficient (Wildman–Crippen LogP) is 2.79. The number of carboxylic acids is 1. The van der Waals surface area contributed by atoms with Crippen molar-refractivity contribution in [2.75, 3.05) is 6.26 Å². The molecule has 0 radical (unpaired) electrons. The maximum Gasteiger partial charge on any atom is 0.371 e. The van der Waals surface area contributed by atoms with E-state index in [1.165, 1.54) is 6.07 Å². The fourth-order valence-electron chi connectivity index (χ4n) is 1.12. The first-order chi connectivity index (χ1) is 6.19. The zero-order valence-corrected chi connectivity index (χ0v) is 8.43. The lowest BCUT2D eigenvalue weighted by molar-refractivity contribution is 0.0660. The molecule has 0 aliphatic carbocycles. The van der Waals surface area contributed by atoms with Gasteiger partial charge in [0.15, 0.2) is 0 Å². The Kier molecular flexibility index (Phi) is 3.42. The van der Waals surface area contributed by atoms with Crippen molar-refractivity contribution in [1.29, 1.82) is 0 Å². The largest absolute Gasteiger partial charge is 0.475 e. The topological polar surface area (TPSA) is 50.4 Å². The van der Waals surface area contributed by atoms with Crippen LogP contribution in [0, 0.1) is 0 Å². The molecular weight excluding hydrogens is 188 g/mol. The maximum absolute atomic E-state index is 10.5. The highest BCUT2D eigenvalue weighted by Crippen LogP contribution is 2.30. The van der Waals surface area contributed by atoms with E-state index in [-0.39, 0.29) is 11.0 Å². The molecule has 0 aliphatic rings. The van der Waals surface area contributed by atoms with E-state index in [1.807, 2.05) is 13.2 Å². The first kappa shape index (κ1) is 10.2. The fourth-order valence-corrected chi connectivity index (χ4v) is 1.82. The maximum atomic E-state index is 10.5. The van der Waals surface area contributed by atoms with E-state index in [2.05, 4.69) is 0 Å². The van der Waals surface area contributed by atoms with Crippen LogP contribution in [0.25, 0.3) is 0 Å². The smallest absolute Gasteiger partial charge is 0.371 e. The van der Waals surface area contributed by atoms with Gasteiger partial charge in [0.05, 0.1) is 5.25 Å². The fraction of sp³-hybridized carbons (Fsp3) is 0.444. The number of furan rings is 1. The van der Waals surface area contributed by atoms with Crippen molar-refractivity contribution in [3.63, 3.8) is 0 Å². The van der Waals surface area contributed by atoms with Gasteiger partial charge in [-0.25, -0.2) is 4.79 Å². The summed E-state index contributed by atoms with van der Waals surface area (Å²) in [7, 11) is 0. The van der Waals surface area contributed by atoms with Gasteiger partial charge in [0, 0.05) is 0 Å². The van der Waals surface area contributed by atoms with E-state index < -0.39 is 5.97 Å². The summed E-state index contributed by atoms with van der Waals surface area (Å²) >= 11 is 1.66. The van der Waals surface area contributed by atoms with Crippen molar-refractivity contribution in [3.8, 4) is 0 Å². The van der Waals surface area contributed by atoms with Gasteiger partial charge < -0.3 is 9.52 Å². The second-order valence-electron chi connectivity index (χ2n) is 2.64. The Hall–Kier alpha value is -0.900. The van der Waals surface area contributed by atoms with Crippen LogP contribution in [0.2, 0.25) is 0 Å². The minimum Gasteiger partial charge on any atom is -0.475 e. The van der Waals surface area contributed by atoms with E-state index >= 15 is 0 Å². The predicted molar refractivity (Wildman–Crippen MR) is 52.2 cm³/mol. The van der Waals surface area contributed by atoms with Crippen LogP contribution in [0.1, 0.15) is 34.9 Å². The molecule has 0 bridgehead atoms. The zero-order chi connectivity index (χ0) is 9.84. The Morgan fingerprint density at radius 2 is 2.38 bits per heavy atom. The second-order valence-corrected chi connectivity index (χ2v) is 3.68. The van der Waals surface area contributed by atoms with Crippen LogP contribution in [0.3, 0.4) is 0 Å². The lowest BCUT2D eigenvalue weighted by atomic mass is 10.3. The summed E-state index contributed by atoms with van der Waals surface area (Å²) in [5, 5.41) is 8.88. The molecule has 1 atom stereocenters. The molecular formula is C9H12O3S.